The highest BCUT2D eigenvalue weighted by atomic mass is 32.2. The fraction of sp³-hybridized carbons (Fsp3) is 0.217. The largest absolute Gasteiger partial charge is 0.468 e. The fourth-order valence-electron chi connectivity index (χ4n) is 3.42. The Morgan fingerprint density at radius 2 is 2.00 bits per heavy atom. The summed E-state index contributed by atoms with van der Waals surface area (Å²) in [5, 5.41) is 7.28. The second-order valence-electron chi connectivity index (χ2n) is 6.98. The summed E-state index contributed by atoms with van der Waals surface area (Å²) >= 11 is 1.44. The number of carbonyl (C=O) groups is 2. The molecule has 30 heavy (non-hydrogen) atoms. The molecule has 0 saturated carbocycles. The third-order valence-electron chi connectivity index (χ3n) is 5.02. The number of carbonyl (C=O) groups excluding carboxylic acids is 2. The van der Waals surface area contributed by atoms with Crippen molar-refractivity contribution in [2.75, 3.05) is 12.4 Å². The zero-order valence-electron chi connectivity index (χ0n) is 16.8. The van der Waals surface area contributed by atoms with Gasteiger partial charge in [0.15, 0.2) is 5.50 Å². The fourth-order valence-corrected chi connectivity index (χ4v) is 4.40. The predicted octanol–water partition coefficient (Wildman–Crippen LogP) is 3.98. The number of thioether (sulfide) groups is 1. The van der Waals surface area contributed by atoms with Gasteiger partial charge in [-0.15, -0.1) is 0 Å². The molecule has 3 aromatic rings. The number of para-hydroxylation sites is 1. The van der Waals surface area contributed by atoms with Crippen LogP contribution in [0.15, 0.2) is 59.6 Å². The molecule has 0 unspecified atom stereocenters. The molecule has 2 N–H and O–H groups in total. The Labute approximate surface area is 179 Å². The Bertz CT molecular complexity index is 1120. The number of aryl methyl sites for hydroxylation is 1. The molecule has 0 spiro atoms. The average molecular weight is 422 g/mol. The van der Waals surface area contributed by atoms with Crippen molar-refractivity contribution < 1.29 is 14.3 Å². The first-order valence-corrected chi connectivity index (χ1v) is 10.6. The van der Waals surface area contributed by atoms with Crippen molar-refractivity contribution in [3.63, 3.8) is 0 Å². The van der Waals surface area contributed by atoms with Crippen LogP contribution in [0.4, 0.5) is 5.69 Å². The maximum atomic E-state index is 12.5. The molecule has 1 saturated heterocycles. The van der Waals surface area contributed by atoms with Crippen LogP contribution < -0.4 is 10.6 Å². The second-order valence-corrected chi connectivity index (χ2v) is 8.13. The number of ether oxygens (including phenoxy) is 1. The molecule has 4 rings (SSSR count). The minimum atomic E-state index is -0.318. The number of amides is 1. The summed E-state index contributed by atoms with van der Waals surface area (Å²) in [7, 11) is 1.37. The van der Waals surface area contributed by atoms with E-state index >= 15 is 0 Å². The maximum absolute atomic E-state index is 12.5. The standard InChI is InChI=1S/C23H23N3O3S/c1-3-15-8-10-17(11-9-15)24-23-25-22(28)20(30-23)12-16-13-26(14-21(27)29-2)19-7-5-4-6-18(16)19/h4-13,23-24H,3,14H2,1-2H3,(H,25,28)/b20-12-/t23-/m0/s1. The zero-order valence-corrected chi connectivity index (χ0v) is 17.7. The summed E-state index contributed by atoms with van der Waals surface area (Å²) in [6.07, 6.45) is 4.75. The molecule has 6 nitrogen and oxygen atoms in total. The molecule has 2 heterocycles. The van der Waals surface area contributed by atoms with Crippen LogP contribution >= 0.6 is 11.8 Å². The average Bonchev–Trinajstić information content (AvgIpc) is 3.28. The highest BCUT2D eigenvalue weighted by Gasteiger charge is 2.27. The van der Waals surface area contributed by atoms with E-state index in [2.05, 4.69) is 29.7 Å². The van der Waals surface area contributed by atoms with E-state index in [1.54, 1.807) is 0 Å². The summed E-state index contributed by atoms with van der Waals surface area (Å²) in [6.45, 7) is 2.24. The molecule has 1 atom stereocenters. The van der Waals surface area contributed by atoms with Crippen LogP contribution in [0.2, 0.25) is 0 Å². The van der Waals surface area contributed by atoms with E-state index in [1.165, 1.54) is 24.4 Å². The number of aromatic nitrogens is 1. The van der Waals surface area contributed by atoms with Crippen LogP contribution in [0, 0.1) is 0 Å². The van der Waals surface area contributed by atoms with E-state index in [-0.39, 0.29) is 23.9 Å². The van der Waals surface area contributed by atoms with Crippen LogP contribution in [0.1, 0.15) is 18.1 Å². The van der Waals surface area contributed by atoms with Crippen molar-refractivity contribution in [3.05, 3.63) is 70.8 Å². The summed E-state index contributed by atoms with van der Waals surface area (Å²) in [6, 6.07) is 16.0. The van der Waals surface area contributed by atoms with Crippen LogP contribution in [-0.2, 0) is 27.3 Å². The number of hydrogen-bond acceptors (Lipinski definition) is 5. The Hall–Kier alpha value is -3.19. The Balaban J connectivity index is 1.56. The number of fused-ring (bicyclic) bond motifs is 1. The SMILES string of the molecule is CCc1ccc(N[C@H]2NC(=O)/C(=C/c3cn(CC(=O)OC)c4ccccc34)S2)cc1. The van der Waals surface area contributed by atoms with Gasteiger partial charge >= 0.3 is 5.97 Å². The predicted molar refractivity (Wildman–Crippen MR) is 121 cm³/mol. The lowest BCUT2D eigenvalue weighted by Gasteiger charge is -2.12. The van der Waals surface area contributed by atoms with Crippen LogP contribution in [-0.4, -0.2) is 29.1 Å². The Kier molecular flexibility index (Phi) is 5.81. The van der Waals surface area contributed by atoms with Gasteiger partial charge in [-0.1, -0.05) is 49.0 Å². The molecule has 1 fully saturated rings. The molecule has 0 aliphatic carbocycles. The van der Waals surface area contributed by atoms with Gasteiger partial charge in [-0.05, 0) is 36.3 Å². The van der Waals surface area contributed by atoms with Crippen molar-refractivity contribution in [2.24, 2.45) is 0 Å². The van der Waals surface area contributed by atoms with Gasteiger partial charge in [0, 0.05) is 28.4 Å². The van der Waals surface area contributed by atoms with Crippen LogP contribution in [0.3, 0.4) is 0 Å². The summed E-state index contributed by atoms with van der Waals surface area (Å²) < 4.78 is 6.64. The number of methoxy groups -OCH3 is 1. The maximum Gasteiger partial charge on any atom is 0.325 e. The second kappa shape index (κ2) is 8.67. The van der Waals surface area contributed by atoms with E-state index in [9.17, 15) is 9.59 Å². The number of nitrogens with one attached hydrogen (secondary N) is 2. The van der Waals surface area contributed by atoms with Crippen molar-refractivity contribution in [1.82, 2.24) is 9.88 Å². The van der Waals surface area contributed by atoms with E-state index in [4.69, 9.17) is 4.74 Å². The molecule has 0 radical (unpaired) electrons. The van der Waals surface area contributed by atoms with Gasteiger partial charge in [0.2, 0.25) is 0 Å². The third kappa shape index (κ3) is 4.21. The van der Waals surface area contributed by atoms with Crippen molar-refractivity contribution in [1.29, 1.82) is 0 Å². The van der Waals surface area contributed by atoms with Gasteiger partial charge < -0.3 is 19.9 Å². The molecule has 1 amide bonds. The van der Waals surface area contributed by atoms with Gasteiger partial charge in [0.05, 0.1) is 12.0 Å². The lowest BCUT2D eigenvalue weighted by molar-refractivity contribution is -0.141. The number of esters is 1. The first kappa shape index (κ1) is 20.1. The molecule has 0 bridgehead atoms. The molecule has 154 valence electrons. The van der Waals surface area contributed by atoms with Crippen molar-refractivity contribution in [3.8, 4) is 0 Å². The van der Waals surface area contributed by atoms with Crippen molar-refractivity contribution in [2.45, 2.75) is 25.4 Å². The molecule has 1 aromatic heterocycles. The highest BCUT2D eigenvalue weighted by Crippen LogP contribution is 2.32. The summed E-state index contributed by atoms with van der Waals surface area (Å²) in [5.41, 5.74) is 3.80. The number of nitrogens with zero attached hydrogens (tertiary/aromatic N) is 1. The van der Waals surface area contributed by atoms with Crippen LogP contribution in [0.25, 0.3) is 17.0 Å². The normalized spacial score (nSPS) is 17.3. The van der Waals surface area contributed by atoms with E-state index < -0.39 is 0 Å². The van der Waals surface area contributed by atoms with E-state index in [0.29, 0.717) is 4.91 Å². The number of anilines is 1. The topological polar surface area (TPSA) is 72.4 Å². The molecule has 1 aliphatic heterocycles. The third-order valence-corrected chi connectivity index (χ3v) is 6.05. The monoisotopic (exact) mass is 421 g/mol. The lowest BCUT2D eigenvalue weighted by atomic mass is 10.1. The number of rotatable bonds is 6. The minimum absolute atomic E-state index is 0.118. The molecular formula is C23H23N3O3S. The molecule has 2 aromatic carbocycles. The highest BCUT2D eigenvalue weighted by molar-refractivity contribution is 8.05. The summed E-state index contributed by atoms with van der Waals surface area (Å²) in [4.78, 5) is 24.9. The Morgan fingerprint density at radius 1 is 1.23 bits per heavy atom. The summed E-state index contributed by atoms with van der Waals surface area (Å²) in [5.74, 6) is -0.436. The molecule has 1 aliphatic rings. The van der Waals surface area contributed by atoms with Gasteiger partial charge in [-0.3, -0.25) is 9.59 Å². The van der Waals surface area contributed by atoms with Gasteiger partial charge in [-0.25, -0.2) is 0 Å². The van der Waals surface area contributed by atoms with Gasteiger partial charge in [0.25, 0.3) is 5.91 Å². The lowest BCUT2D eigenvalue weighted by Crippen LogP contribution is -2.30. The van der Waals surface area contributed by atoms with Gasteiger partial charge in [0.1, 0.15) is 6.54 Å². The molecule has 7 heteroatoms. The zero-order chi connectivity index (χ0) is 21.1. The van der Waals surface area contributed by atoms with Crippen LogP contribution in [0.5, 0.6) is 0 Å². The van der Waals surface area contributed by atoms with E-state index in [1.807, 2.05) is 53.2 Å². The van der Waals surface area contributed by atoms with Crippen molar-refractivity contribution >= 4 is 46.3 Å². The van der Waals surface area contributed by atoms with E-state index in [0.717, 1.165) is 28.6 Å². The van der Waals surface area contributed by atoms with Gasteiger partial charge in [-0.2, -0.15) is 0 Å². The number of hydrogen-bond donors (Lipinski definition) is 2. The quantitative estimate of drug-likeness (QED) is 0.465. The smallest absolute Gasteiger partial charge is 0.325 e. The Morgan fingerprint density at radius 3 is 2.73 bits per heavy atom. The molecular weight excluding hydrogens is 398 g/mol. The first-order chi connectivity index (χ1) is 14.6. The minimum Gasteiger partial charge on any atom is -0.468 e. The number of benzene rings is 2. The first-order valence-electron chi connectivity index (χ1n) is 9.76.